The third kappa shape index (κ3) is 2.89. The second-order valence-electron chi connectivity index (χ2n) is 8.54. The predicted molar refractivity (Wildman–Crippen MR) is 117 cm³/mol. The van der Waals surface area contributed by atoms with Gasteiger partial charge in [0.25, 0.3) is 0 Å². The van der Waals surface area contributed by atoms with E-state index in [4.69, 9.17) is 9.72 Å². The molecule has 0 amide bonds. The Kier molecular flexibility index (Phi) is 4.10. The van der Waals surface area contributed by atoms with Gasteiger partial charge in [-0.3, -0.25) is 9.36 Å². The van der Waals surface area contributed by atoms with Crippen LogP contribution in [0.4, 0.5) is 5.95 Å². The van der Waals surface area contributed by atoms with Gasteiger partial charge in [-0.1, -0.05) is 41.9 Å². The van der Waals surface area contributed by atoms with E-state index < -0.39 is 0 Å². The minimum atomic E-state index is -0.287. The zero-order valence-electron chi connectivity index (χ0n) is 16.6. The topological polar surface area (TPSA) is 56.1 Å². The molecule has 2 heterocycles. The Bertz CT molecular complexity index is 1190. The van der Waals surface area contributed by atoms with Crippen molar-refractivity contribution in [3.05, 3.63) is 63.8 Å². The first kappa shape index (κ1) is 18.4. The van der Waals surface area contributed by atoms with Crippen LogP contribution < -0.4 is 10.1 Å². The number of anilines is 1. The number of carbonyl (C=O) groups excluding carboxylic acids is 1. The third-order valence-electron chi connectivity index (χ3n) is 5.80. The molecule has 0 fully saturated rings. The summed E-state index contributed by atoms with van der Waals surface area (Å²) in [6, 6.07) is 13.7. The highest BCUT2D eigenvalue weighted by Crippen LogP contribution is 2.48. The molecule has 1 unspecified atom stereocenters. The number of nitrogens with zero attached hydrogens (tertiary/aromatic N) is 2. The molecule has 1 aliphatic carbocycles. The molecule has 2 aromatic carbocycles. The third-order valence-corrected chi connectivity index (χ3v) is 6.29. The largest absolute Gasteiger partial charge is 0.496 e. The quantitative estimate of drug-likeness (QED) is 0.561. The molecule has 0 spiro atoms. The van der Waals surface area contributed by atoms with Gasteiger partial charge in [-0.05, 0) is 42.2 Å². The smallest absolute Gasteiger partial charge is 0.209 e. The summed E-state index contributed by atoms with van der Waals surface area (Å²) in [7, 11) is 1.67. The highest BCUT2D eigenvalue weighted by Gasteiger charge is 2.42. The monoisotopic (exact) mass is 451 g/mol. The fourth-order valence-electron chi connectivity index (χ4n) is 4.64. The predicted octanol–water partition coefficient (Wildman–Crippen LogP) is 5.47. The lowest BCUT2D eigenvalue weighted by Gasteiger charge is -2.39. The molecule has 0 radical (unpaired) electrons. The Morgan fingerprint density at radius 2 is 2.00 bits per heavy atom. The highest BCUT2D eigenvalue weighted by atomic mass is 79.9. The number of allylic oxidation sites excluding steroid dienone is 2. The van der Waals surface area contributed by atoms with E-state index in [-0.39, 0.29) is 17.2 Å². The number of hydrogen-bond donors (Lipinski definition) is 1. The maximum atomic E-state index is 13.4. The summed E-state index contributed by atoms with van der Waals surface area (Å²) >= 11 is 3.60. The van der Waals surface area contributed by atoms with Crippen molar-refractivity contribution in [2.45, 2.75) is 32.7 Å². The SMILES string of the molecule is COc1ccc(Br)cc1C1C2=C(CC(C)(C)CC2=O)Nc2nc3ccccc3n21. The summed E-state index contributed by atoms with van der Waals surface area (Å²) in [5.41, 5.74) is 4.56. The van der Waals surface area contributed by atoms with Gasteiger partial charge < -0.3 is 10.1 Å². The molecule has 2 aliphatic rings. The summed E-state index contributed by atoms with van der Waals surface area (Å²) < 4.78 is 8.79. The van der Waals surface area contributed by atoms with Crippen molar-refractivity contribution in [3.8, 4) is 5.75 Å². The fourth-order valence-corrected chi connectivity index (χ4v) is 5.01. The van der Waals surface area contributed by atoms with Gasteiger partial charge in [0, 0.05) is 27.7 Å². The lowest BCUT2D eigenvalue weighted by Crippen LogP contribution is -2.36. The summed E-state index contributed by atoms with van der Waals surface area (Å²) in [5, 5.41) is 3.48. The first-order valence-corrected chi connectivity index (χ1v) is 10.5. The molecule has 148 valence electrons. The summed E-state index contributed by atoms with van der Waals surface area (Å²) in [4.78, 5) is 18.2. The van der Waals surface area contributed by atoms with Crippen LogP contribution in [0.1, 0.15) is 38.3 Å². The number of carbonyl (C=O) groups is 1. The normalized spacial score (nSPS) is 20.3. The Balaban J connectivity index is 1.83. The van der Waals surface area contributed by atoms with E-state index >= 15 is 0 Å². The first-order chi connectivity index (χ1) is 13.9. The van der Waals surface area contributed by atoms with Gasteiger partial charge in [-0.25, -0.2) is 4.98 Å². The molecular weight excluding hydrogens is 430 g/mol. The molecule has 1 aromatic heterocycles. The van der Waals surface area contributed by atoms with Gasteiger partial charge in [-0.15, -0.1) is 0 Å². The minimum absolute atomic E-state index is 0.0803. The molecule has 0 saturated heterocycles. The van der Waals surface area contributed by atoms with Crippen LogP contribution in [0.3, 0.4) is 0 Å². The molecule has 5 nitrogen and oxygen atoms in total. The summed E-state index contributed by atoms with van der Waals surface area (Å²) in [5.74, 6) is 1.70. The van der Waals surface area contributed by atoms with Crippen LogP contribution in [0, 0.1) is 5.41 Å². The van der Waals surface area contributed by atoms with Gasteiger partial charge in [-0.2, -0.15) is 0 Å². The van der Waals surface area contributed by atoms with Gasteiger partial charge >= 0.3 is 0 Å². The number of ether oxygens (including phenoxy) is 1. The van der Waals surface area contributed by atoms with Crippen molar-refractivity contribution in [3.63, 3.8) is 0 Å². The number of rotatable bonds is 2. The van der Waals surface area contributed by atoms with Crippen molar-refractivity contribution in [2.75, 3.05) is 12.4 Å². The molecule has 1 atom stereocenters. The van der Waals surface area contributed by atoms with Crippen molar-refractivity contribution in [1.29, 1.82) is 0 Å². The van der Waals surface area contributed by atoms with Crippen LogP contribution in [0.15, 0.2) is 58.2 Å². The Morgan fingerprint density at radius 3 is 2.79 bits per heavy atom. The van der Waals surface area contributed by atoms with E-state index in [1.807, 2.05) is 42.5 Å². The second-order valence-corrected chi connectivity index (χ2v) is 9.46. The van der Waals surface area contributed by atoms with Gasteiger partial charge in [0.05, 0.1) is 24.2 Å². The van der Waals surface area contributed by atoms with E-state index in [1.165, 1.54) is 0 Å². The van der Waals surface area contributed by atoms with Crippen LogP contribution in [0.5, 0.6) is 5.75 Å². The number of benzene rings is 2. The maximum absolute atomic E-state index is 13.4. The lowest BCUT2D eigenvalue weighted by atomic mass is 9.73. The zero-order chi connectivity index (χ0) is 20.3. The van der Waals surface area contributed by atoms with E-state index in [0.29, 0.717) is 6.42 Å². The number of methoxy groups -OCH3 is 1. The Morgan fingerprint density at radius 1 is 1.21 bits per heavy atom. The average Bonchev–Trinajstić information content (AvgIpc) is 3.03. The van der Waals surface area contributed by atoms with Crippen LogP contribution >= 0.6 is 15.9 Å². The molecule has 5 rings (SSSR count). The molecule has 0 saturated carbocycles. The van der Waals surface area contributed by atoms with E-state index in [1.54, 1.807) is 7.11 Å². The number of aromatic nitrogens is 2. The van der Waals surface area contributed by atoms with Crippen LogP contribution in [0.2, 0.25) is 0 Å². The Labute approximate surface area is 177 Å². The number of ketones is 1. The van der Waals surface area contributed by atoms with Crippen molar-refractivity contribution < 1.29 is 9.53 Å². The van der Waals surface area contributed by atoms with Crippen LogP contribution in [0.25, 0.3) is 11.0 Å². The number of Topliss-reactive ketones (excluding diaryl/α,β-unsaturated/α-hetero) is 1. The standard InChI is InChI=1S/C23H22BrN3O2/c1-23(2)11-16-20(18(28)12-23)21(14-10-13(24)8-9-19(14)29-3)27-17-7-5-4-6-15(17)25-22(27)26-16/h4-10,21H,11-12H2,1-3H3,(H,25,26). The minimum Gasteiger partial charge on any atom is -0.496 e. The molecule has 1 aliphatic heterocycles. The lowest BCUT2D eigenvalue weighted by molar-refractivity contribution is -0.118. The van der Waals surface area contributed by atoms with Gasteiger partial charge in [0.15, 0.2) is 5.78 Å². The molecule has 3 aromatic rings. The molecular formula is C23H22BrN3O2. The van der Waals surface area contributed by atoms with Gasteiger partial charge in [0.2, 0.25) is 5.95 Å². The first-order valence-electron chi connectivity index (χ1n) is 9.72. The van der Waals surface area contributed by atoms with Crippen molar-refractivity contribution in [2.24, 2.45) is 5.41 Å². The van der Waals surface area contributed by atoms with E-state index in [2.05, 4.69) is 39.7 Å². The van der Waals surface area contributed by atoms with Crippen molar-refractivity contribution >= 4 is 38.7 Å². The second kappa shape index (κ2) is 6.46. The molecule has 0 bridgehead atoms. The average molecular weight is 452 g/mol. The molecule has 1 N–H and O–H groups in total. The van der Waals surface area contributed by atoms with Crippen LogP contribution in [-0.2, 0) is 4.79 Å². The van der Waals surface area contributed by atoms with E-state index in [0.717, 1.165) is 50.5 Å². The van der Waals surface area contributed by atoms with E-state index in [9.17, 15) is 4.79 Å². The zero-order valence-corrected chi connectivity index (χ0v) is 18.2. The number of halogens is 1. The summed E-state index contributed by atoms with van der Waals surface area (Å²) in [6.07, 6.45) is 1.34. The molecule has 29 heavy (non-hydrogen) atoms. The number of imidazole rings is 1. The van der Waals surface area contributed by atoms with Crippen molar-refractivity contribution in [1.82, 2.24) is 9.55 Å². The molecule has 6 heteroatoms. The summed E-state index contributed by atoms with van der Waals surface area (Å²) in [6.45, 7) is 4.28. The fraction of sp³-hybridized carbons (Fsp3) is 0.304. The number of hydrogen-bond acceptors (Lipinski definition) is 4. The number of para-hydroxylation sites is 2. The Hall–Kier alpha value is -2.60. The number of fused-ring (bicyclic) bond motifs is 3. The highest BCUT2D eigenvalue weighted by molar-refractivity contribution is 9.10. The van der Waals surface area contributed by atoms with Crippen LogP contribution in [-0.4, -0.2) is 22.4 Å². The maximum Gasteiger partial charge on any atom is 0.209 e. The number of nitrogens with one attached hydrogen (secondary N) is 1. The van der Waals surface area contributed by atoms with Gasteiger partial charge in [0.1, 0.15) is 5.75 Å².